The zero-order valence-corrected chi connectivity index (χ0v) is 7.38. The summed E-state index contributed by atoms with van der Waals surface area (Å²) in [6.07, 6.45) is -1.51. The van der Waals surface area contributed by atoms with E-state index >= 15 is 0 Å². The zero-order chi connectivity index (χ0) is 9.84. The second-order valence-electron chi connectivity index (χ2n) is 2.98. The van der Waals surface area contributed by atoms with Crippen molar-refractivity contribution in [3.8, 4) is 6.07 Å². The van der Waals surface area contributed by atoms with Crippen molar-refractivity contribution in [2.75, 3.05) is 0 Å². The van der Waals surface area contributed by atoms with Gasteiger partial charge in [0.15, 0.2) is 0 Å². The van der Waals surface area contributed by atoms with Crippen molar-refractivity contribution in [1.29, 1.82) is 5.26 Å². The first-order chi connectivity index (χ1) is 6.19. The standard InChI is InChI=1S/C7H11BN2O3/c1-4-5(3-9)2-6(11)7(12-4)13-10-8/h4-8,11H,2H2,1H3. The minimum atomic E-state index is -0.814. The predicted molar refractivity (Wildman–Crippen MR) is 44.7 cm³/mol. The number of aliphatic hydroxyl groups excluding tert-OH is 1. The Bertz CT molecular complexity index is 230. The van der Waals surface area contributed by atoms with Crippen LogP contribution in [-0.2, 0) is 9.57 Å². The Balaban J connectivity index is 2.57. The van der Waals surface area contributed by atoms with E-state index in [9.17, 15) is 5.11 Å². The summed E-state index contributed by atoms with van der Waals surface area (Å²) in [6.45, 7) is 1.76. The molecule has 5 nitrogen and oxygen atoms in total. The fraction of sp³-hybridized carbons (Fsp3) is 0.857. The third-order valence-electron chi connectivity index (χ3n) is 2.07. The second kappa shape index (κ2) is 4.35. The Hall–Kier alpha value is -0.925. The average Bonchev–Trinajstić information content (AvgIpc) is 2.11. The quantitative estimate of drug-likeness (QED) is 0.467. The first-order valence-electron chi connectivity index (χ1n) is 4.04. The molecule has 0 aromatic heterocycles. The fourth-order valence-electron chi connectivity index (χ4n) is 1.29. The van der Waals surface area contributed by atoms with Crippen molar-refractivity contribution < 1.29 is 14.7 Å². The van der Waals surface area contributed by atoms with Gasteiger partial charge in [-0.1, -0.05) is 0 Å². The fourth-order valence-corrected chi connectivity index (χ4v) is 1.29. The van der Waals surface area contributed by atoms with Crippen LogP contribution < -0.4 is 0 Å². The Labute approximate surface area is 77.3 Å². The molecular weight excluding hydrogens is 171 g/mol. The van der Waals surface area contributed by atoms with Crippen LogP contribution in [0.2, 0.25) is 0 Å². The molecule has 0 aliphatic carbocycles. The number of hydrogen-bond acceptors (Lipinski definition) is 5. The molecule has 13 heavy (non-hydrogen) atoms. The Kier molecular flexibility index (Phi) is 3.40. The topological polar surface area (TPSA) is 74.8 Å². The van der Waals surface area contributed by atoms with Crippen LogP contribution in [0.4, 0.5) is 0 Å². The van der Waals surface area contributed by atoms with Gasteiger partial charge in [-0.2, -0.15) is 0 Å². The van der Waals surface area contributed by atoms with E-state index in [2.05, 4.69) is 18.8 Å². The summed E-state index contributed by atoms with van der Waals surface area (Å²) in [7, 11) is 3.13. The molecule has 1 heterocycles. The Morgan fingerprint density at radius 1 is 1.77 bits per heavy atom. The molecule has 0 aromatic rings. The maximum absolute atomic E-state index is 9.43. The van der Waals surface area contributed by atoms with E-state index in [1.54, 1.807) is 6.92 Å². The number of ether oxygens (including phenoxy) is 1. The van der Waals surface area contributed by atoms with Crippen LogP contribution in [0.5, 0.6) is 0 Å². The summed E-state index contributed by atoms with van der Waals surface area (Å²) in [5.74, 6) is -0.292. The molecule has 1 N–H and O–H groups in total. The molecule has 0 bridgehead atoms. The third-order valence-corrected chi connectivity index (χ3v) is 2.07. The molecule has 1 saturated heterocycles. The van der Waals surface area contributed by atoms with Crippen LogP contribution >= 0.6 is 0 Å². The van der Waals surface area contributed by atoms with Gasteiger partial charge in [-0.3, -0.25) is 0 Å². The first-order valence-corrected chi connectivity index (χ1v) is 4.04. The molecule has 6 heteroatoms. The zero-order valence-electron chi connectivity index (χ0n) is 7.38. The number of nitriles is 1. The van der Waals surface area contributed by atoms with Gasteiger partial charge in [0, 0.05) is 0 Å². The molecule has 0 radical (unpaired) electrons. The van der Waals surface area contributed by atoms with Crippen molar-refractivity contribution >= 4 is 7.64 Å². The number of aliphatic hydroxyl groups is 1. The van der Waals surface area contributed by atoms with Crippen LogP contribution in [0.25, 0.3) is 0 Å². The van der Waals surface area contributed by atoms with Crippen molar-refractivity contribution in [1.82, 2.24) is 0 Å². The summed E-state index contributed by atoms with van der Waals surface area (Å²) < 4.78 is 5.21. The van der Waals surface area contributed by atoms with Gasteiger partial charge in [-0.15, -0.1) is 0 Å². The monoisotopic (exact) mass is 182 g/mol. The van der Waals surface area contributed by atoms with E-state index in [-0.39, 0.29) is 12.0 Å². The molecule has 0 spiro atoms. The number of rotatable bonds is 2. The van der Waals surface area contributed by atoms with Crippen LogP contribution in [0, 0.1) is 17.2 Å². The van der Waals surface area contributed by atoms with Crippen molar-refractivity contribution in [3.63, 3.8) is 0 Å². The van der Waals surface area contributed by atoms with E-state index in [0.29, 0.717) is 6.42 Å². The number of hydrogen-bond donors (Lipinski definition) is 1. The Morgan fingerprint density at radius 3 is 3.00 bits per heavy atom. The molecular formula is C7H11BN2O3. The van der Waals surface area contributed by atoms with Gasteiger partial charge in [0.1, 0.15) is 0 Å². The van der Waals surface area contributed by atoms with Gasteiger partial charge in [-0.25, -0.2) is 0 Å². The second-order valence-corrected chi connectivity index (χ2v) is 2.98. The molecule has 1 fully saturated rings. The summed E-state index contributed by atoms with van der Waals surface area (Å²) in [6, 6.07) is 2.06. The van der Waals surface area contributed by atoms with E-state index in [1.165, 1.54) is 0 Å². The first kappa shape index (κ1) is 10.2. The summed E-state index contributed by atoms with van der Waals surface area (Å²) >= 11 is 0. The van der Waals surface area contributed by atoms with Gasteiger partial charge in [-0.05, 0) is 0 Å². The van der Waals surface area contributed by atoms with Gasteiger partial charge >= 0.3 is 76.5 Å². The van der Waals surface area contributed by atoms with E-state index in [4.69, 9.17) is 14.8 Å². The molecule has 1 aliphatic rings. The van der Waals surface area contributed by atoms with Gasteiger partial charge < -0.3 is 0 Å². The van der Waals surface area contributed by atoms with Gasteiger partial charge in [0.2, 0.25) is 0 Å². The van der Waals surface area contributed by atoms with Crippen LogP contribution in [0.1, 0.15) is 13.3 Å². The van der Waals surface area contributed by atoms with Crippen LogP contribution in [0.3, 0.4) is 0 Å². The SMILES string of the molecule is B=NOC1OC(C)C(C#N)CC1O. The van der Waals surface area contributed by atoms with Gasteiger partial charge in [0.25, 0.3) is 0 Å². The summed E-state index contributed by atoms with van der Waals surface area (Å²) in [5.41, 5.74) is 0. The number of nitrogens with zero attached hydrogens (tertiary/aromatic N) is 2. The predicted octanol–water partition coefficient (Wildman–Crippen LogP) is -0.362. The maximum atomic E-state index is 9.43. The molecule has 70 valence electrons. The van der Waals surface area contributed by atoms with Crippen LogP contribution in [0.15, 0.2) is 5.06 Å². The molecule has 4 atom stereocenters. The van der Waals surface area contributed by atoms with E-state index in [1.807, 2.05) is 0 Å². The Morgan fingerprint density at radius 2 is 2.46 bits per heavy atom. The summed E-state index contributed by atoms with van der Waals surface area (Å²) in [5, 5.41) is 21.3. The van der Waals surface area contributed by atoms with Crippen molar-refractivity contribution in [2.45, 2.75) is 31.8 Å². The van der Waals surface area contributed by atoms with Crippen LogP contribution in [-0.4, -0.2) is 31.2 Å². The van der Waals surface area contributed by atoms with Gasteiger partial charge in [0.05, 0.1) is 0 Å². The van der Waals surface area contributed by atoms with Crippen molar-refractivity contribution in [3.05, 3.63) is 0 Å². The molecule has 0 saturated carbocycles. The summed E-state index contributed by atoms with van der Waals surface area (Å²) in [4.78, 5) is 4.69. The average molecular weight is 182 g/mol. The van der Waals surface area contributed by atoms with E-state index < -0.39 is 12.4 Å². The molecule has 0 aromatic carbocycles. The molecule has 1 aliphatic heterocycles. The van der Waals surface area contributed by atoms with E-state index in [0.717, 1.165) is 0 Å². The third kappa shape index (κ3) is 2.26. The van der Waals surface area contributed by atoms with Crippen molar-refractivity contribution in [2.24, 2.45) is 11.0 Å². The normalized spacial score (nSPS) is 39.1. The molecule has 0 amide bonds. The molecule has 4 unspecified atom stereocenters. The minimum absolute atomic E-state index is 0.250. The molecule has 1 rings (SSSR count).